The third-order valence-corrected chi connectivity index (χ3v) is 3.16. The highest BCUT2D eigenvalue weighted by molar-refractivity contribution is 7.99. The van der Waals surface area contributed by atoms with Crippen molar-refractivity contribution >= 4 is 11.8 Å². The molecule has 1 fully saturated rings. The summed E-state index contributed by atoms with van der Waals surface area (Å²) >= 11 is 2.09. The predicted octanol–water partition coefficient (Wildman–Crippen LogP) is 2.23. The number of thioether (sulfide) groups is 1. The number of unbranched alkanes of at least 4 members (excludes halogenated alkanes) is 1. The van der Waals surface area contributed by atoms with Crippen molar-refractivity contribution in [3.8, 4) is 0 Å². The van der Waals surface area contributed by atoms with E-state index < -0.39 is 0 Å². The summed E-state index contributed by atoms with van der Waals surface area (Å²) in [5.74, 6) is 1.36. The van der Waals surface area contributed by atoms with Crippen LogP contribution in [0.4, 0.5) is 0 Å². The third kappa shape index (κ3) is 2.93. The van der Waals surface area contributed by atoms with Gasteiger partial charge in [0.25, 0.3) is 0 Å². The van der Waals surface area contributed by atoms with E-state index in [2.05, 4.69) is 24.0 Å². The van der Waals surface area contributed by atoms with Crippen LogP contribution in [-0.2, 0) is 0 Å². The molecule has 0 saturated carbocycles. The van der Waals surface area contributed by atoms with Crippen LogP contribution >= 0.6 is 11.8 Å². The van der Waals surface area contributed by atoms with Crippen LogP contribution in [-0.4, -0.2) is 17.7 Å². The molecule has 0 aromatic rings. The van der Waals surface area contributed by atoms with Crippen LogP contribution in [0.2, 0.25) is 0 Å². The Balaban J connectivity index is 2.02. The van der Waals surface area contributed by atoms with Crippen molar-refractivity contribution in [3.63, 3.8) is 0 Å². The summed E-state index contributed by atoms with van der Waals surface area (Å²) in [6, 6.07) is 0. The maximum absolute atomic E-state index is 3.52. The summed E-state index contributed by atoms with van der Waals surface area (Å²) in [7, 11) is 0. The Morgan fingerprint density at radius 2 is 2.50 bits per heavy atom. The summed E-state index contributed by atoms with van der Waals surface area (Å²) in [4.78, 5) is 0. The van der Waals surface area contributed by atoms with Crippen molar-refractivity contribution in [3.05, 3.63) is 0 Å². The van der Waals surface area contributed by atoms with Crippen LogP contribution in [0.3, 0.4) is 0 Å². The van der Waals surface area contributed by atoms with E-state index in [1.165, 1.54) is 38.0 Å². The van der Waals surface area contributed by atoms with E-state index in [-0.39, 0.29) is 0 Å². The van der Waals surface area contributed by atoms with Crippen LogP contribution < -0.4 is 5.32 Å². The highest BCUT2D eigenvalue weighted by Crippen LogP contribution is 2.18. The van der Waals surface area contributed by atoms with Gasteiger partial charge in [-0.05, 0) is 25.1 Å². The first-order chi connectivity index (χ1) is 4.93. The monoisotopic (exact) mass is 159 g/mol. The van der Waals surface area contributed by atoms with Crippen molar-refractivity contribution < 1.29 is 0 Å². The number of nitrogens with one attached hydrogen (secondary N) is 1. The van der Waals surface area contributed by atoms with Gasteiger partial charge in [0.2, 0.25) is 0 Å². The average molecular weight is 159 g/mol. The lowest BCUT2D eigenvalue weighted by Gasteiger charge is -2.22. The highest BCUT2D eigenvalue weighted by Gasteiger charge is 2.10. The normalized spacial score (nSPS) is 26.7. The van der Waals surface area contributed by atoms with Gasteiger partial charge >= 0.3 is 0 Å². The molecule has 0 amide bonds. The van der Waals surface area contributed by atoms with E-state index in [1.807, 2.05) is 0 Å². The second-order valence-electron chi connectivity index (χ2n) is 2.81. The van der Waals surface area contributed by atoms with Crippen LogP contribution in [0.15, 0.2) is 0 Å². The minimum absolute atomic E-state index is 0.772. The molecule has 0 aromatic heterocycles. The molecular weight excluding hydrogens is 142 g/mol. The second kappa shape index (κ2) is 5.03. The van der Waals surface area contributed by atoms with Gasteiger partial charge in [-0.3, -0.25) is 0 Å². The van der Waals surface area contributed by atoms with E-state index in [1.54, 1.807) is 0 Å². The van der Waals surface area contributed by atoms with Gasteiger partial charge in [-0.2, -0.15) is 0 Å². The van der Waals surface area contributed by atoms with E-state index in [9.17, 15) is 0 Å². The molecule has 1 nitrogen and oxygen atoms in total. The maximum atomic E-state index is 3.52. The molecule has 1 N–H and O–H groups in total. The summed E-state index contributed by atoms with van der Waals surface area (Å²) in [5, 5.41) is 4.29. The topological polar surface area (TPSA) is 12.0 Å². The molecule has 0 bridgehead atoms. The zero-order chi connectivity index (χ0) is 7.23. The van der Waals surface area contributed by atoms with Crippen molar-refractivity contribution in [2.75, 3.05) is 12.3 Å². The first-order valence-electron chi connectivity index (χ1n) is 4.28. The zero-order valence-corrected chi connectivity index (χ0v) is 7.54. The highest BCUT2D eigenvalue weighted by atomic mass is 32.2. The Bertz CT molecular complexity index is 79.3. The van der Waals surface area contributed by atoms with E-state index in [0.29, 0.717) is 0 Å². The minimum atomic E-state index is 0.772. The van der Waals surface area contributed by atoms with E-state index >= 15 is 0 Å². The fourth-order valence-electron chi connectivity index (χ4n) is 1.19. The van der Waals surface area contributed by atoms with Gasteiger partial charge < -0.3 is 5.32 Å². The third-order valence-electron chi connectivity index (χ3n) is 1.83. The van der Waals surface area contributed by atoms with Crippen LogP contribution in [0.25, 0.3) is 0 Å². The predicted molar refractivity (Wildman–Crippen MR) is 48.4 cm³/mol. The van der Waals surface area contributed by atoms with Crippen LogP contribution in [0.5, 0.6) is 0 Å². The molecule has 1 rings (SSSR count). The standard InChI is InChI=1S/C8H17NS/c1-2-3-5-8-9-6-4-7-10-8/h8-9H,2-7H2,1H3. The molecule has 0 aliphatic carbocycles. The average Bonchev–Trinajstić information content (AvgIpc) is 2.03. The van der Waals surface area contributed by atoms with Crippen molar-refractivity contribution in [1.29, 1.82) is 0 Å². The van der Waals surface area contributed by atoms with E-state index in [0.717, 1.165) is 5.37 Å². The number of rotatable bonds is 3. The first-order valence-corrected chi connectivity index (χ1v) is 5.33. The molecule has 1 aliphatic heterocycles. The van der Waals surface area contributed by atoms with Crippen molar-refractivity contribution in [2.45, 2.75) is 38.0 Å². The molecule has 0 aromatic carbocycles. The molecule has 10 heavy (non-hydrogen) atoms. The number of hydrogen-bond donors (Lipinski definition) is 1. The smallest absolute Gasteiger partial charge is 0.0532 e. The molecule has 60 valence electrons. The zero-order valence-electron chi connectivity index (χ0n) is 6.73. The first kappa shape index (κ1) is 8.41. The molecule has 0 radical (unpaired) electrons. The minimum Gasteiger partial charge on any atom is -0.305 e. The molecule has 1 heterocycles. The Hall–Kier alpha value is 0.310. The van der Waals surface area contributed by atoms with Gasteiger partial charge in [0.05, 0.1) is 5.37 Å². The lowest BCUT2D eigenvalue weighted by Crippen LogP contribution is -2.31. The summed E-state index contributed by atoms with van der Waals surface area (Å²) < 4.78 is 0. The van der Waals surface area contributed by atoms with Crippen LogP contribution in [0.1, 0.15) is 32.6 Å². The maximum Gasteiger partial charge on any atom is 0.0532 e. The quantitative estimate of drug-likeness (QED) is 0.677. The van der Waals surface area contributed by atoms with Gasteiger partial charge in [-0.1, -0.05) is 19.8 Å². The largest absolute Gasteiger partial charge is 0.305 e. The van der Waals surface area contributed by atoms with Gasteiger partial charge in [-0.15, -0.1) is 11.8 Å². The molecule has 1 aliphatic rings. The summed E-state index contributed by atoms with van der Waals surface area (Å²) in [6.45, 7) is 3.49. The molecule has 1 atom stereocenters. The molecule has 2 heteroatoms. The van der Waals surface area contributed by atoms with Gasteiger partial charge in [0, 0.05) is 0 Å². The fourth-order valence-corrected chi connectivity index (χ4v) is 2.36. The molecule has 1 saturated heterocycles. The van der Waals surface area contributed by atoms with Gasteiger partial charge in [0.1, 0.15) is 0 Å². The van der Waals surface area contributed by atoms with Gasteiger partial charge in [0.15, 0.2) is 0 Å². The molecule has 0 spiro atoms. The Morgan fingerprint density at radius 1 is 1.60 bits per heavy atom. The summed E-state index contributed by atoms with van der Waals surface area (Å²) in [5.41, 5.74) is 0. The molecule has 1 unspecified atom stereocenters. The lowest BCUT2D eigenvalue weighted by atomic mass is 10.2. The lowest BCUT2D eigenvalue weighted by molar-refractivity contribution is 0.564. The van der Waals surface area contributed by atoms with Gasteiger partial charge in [-0.25, -0.2) is 0 Å². The Labute approximate surface area is 68.0 Å². The van der Waals surface area contributed by atoms with Crippen molar-refractivity contribution in [1.82, 2.24) is 5.32 Å². The van der Waals surface area contributed by atoms with E-state index in [4.69, 9.17) is 0 Å². The molecular formula is C8H17NS. The number of hydrogen-bond acceptors (Lipinski definition) is 2. The summed E-state index contributed by atoms with van der Waals surface area (Å²) in [6.07, 6.45) is 5.43. The van der Waals surface area contributed by atoms with Crippen molar-refractivity contribution in [2.24, 2.45) is 0 Å². The second-order valence-corrected chi connectivity index (χ2v) is 4.12. The Morgan fingerprint density at radius 3 is 3.10 bits per heavy atom. The SMILES string of the molecule is CCCCC1NCCCS1. The van der Waals surface area contributed by atoms with Crippen LogP contribution in [0, 0.1) is 0 Å². The fraction of sp³-hybridized carbons (Fsp3) is 1.00. The Kier molecular flexibility index (Phi) is 4.23.